The first-order valence-electron chi connectivity index (χ1n) is 3.85. The standard InChI is InChI=1S/C7H14N2OS/c1-5-2-3-9-7(11-5)4-6(8)10/h5,7,9H,2-4H2,1H3,(H2,8,10). The van der Waals surface area contributed by atoms with Gasteiger partial charge in [-0.15, -0.1) is 11.8 Å². The Labute approximate surface area is 71.1 Å². The molecule has 0 aliphatic carbocycles. The van der Waals surface area contributed by atoms with Crippen molar-refractivity contribution in [1.29, 1.82) is 0 Å². The van der Waals surface area contributed by atoms with E-state index in [0.717, 1.165) is 6.54 Å². The van der Waals surface area contributed by atoms with Crippen LogP contribution in [-0.2, 0) is 4.79 Å². The van der Waals surface area contributed by atoms with Crippen LogP contribution in [-0.4, -0.2) is 23.1 Å². The largest absolute Gasteiger partial charge is 0.370 e. The van der Waals surface area contributed by atoms with Gasteiger partial charge in [-0.1, -0.05) is 6.92 Å². The molecule has 0 saturated carbocycles. The van der Waals surface area contributed by atoms with E-state index < -0.39 is 0 Å². The molecule has 1 fully saturated rings. The predicted molar refractivity (Wildman–Crippen MR) is 47.3 cm³/mol. The Kier molecular flexibility index (Phi) is 3.20. The molecule has 4 heteroatoms. The second kappa shape index (κ2) is 3.97. The Balaban J connectivity index is 2.28. The number of nitrogens with two attached hydrogens (primary N) is 1. The molecule has 0 radical (unpaired) electrons. The first kappa shape index (κ1) is 8.87. The monoisotopic (exact) mass is 174 g/mol. The van der Waals surface area contributed by atoms with Crippen LogP contribution >= 0.6 is 11.8 Å². The lowest BCUT2D eigenvalue weighted by Crippen LogP contribution is -2.37. The molecule has 0 bridgehead atoms. The third-order valence-corrected chi connectivity index (χ3v) is 3.07. The van der Waals surface area contributed by atoms with Gasteiger partial charge in [0.2, 0.25) is 5.91 Å². The van der Waals surface area contributed by atoms with Crippen LogP contribution in [0.3, 0.4) is 0 Å². The molecular formula is C7H14N2OS. The van der Waals surface area contributed by atoms with Gasteiger partial charge in [-0.05, 0) is 13.0 Å². The highest BCUT2D eigenvalue weighted by Crippen LogP contribution is 2.24. The lowest BCUT2D eigenvalue weighted by molar-refractivity contribution is -0.118. The Bertz CT molecular complexity index is 151. The molecule has 0 spiro atoms. The van der Waals surface area contributed by atoms with E-state index in [9.17, 15) is 4.79 Å². The second-order valence-corrected chi connectivity index (χ2v) is 4.49. The van der Waals surface area contributed by atoms with Gasteiger partial charge in [0.15, 0.2) is 0 Å². The van der Waals surface area contributed by atoms with Gasteiger partial charge in [0.1, 0.15) is 0 Å². The highest BCUT2D eigenvalue weighted by Gasteiger charge is 2.19. The molecule has 1 amide bonds. The van der Waals surface area contributed by atoms with Crippen LogP contribution in [0.15, 0.2) is 0 Å². The van der Waals surface area contributed by atoms with Gasteiger partial charge in [-0.25, -0.2) is 0 Å². The zero-order valence-corrected chi connectivity index (χ0v) is 7.49. The lowest BCUT2D eigenvalue weighted by Gasteiger charge is -2.26. The summed E-state index contributed by atoms with van der Waals surface area (Å²) in [5.74, 6) is -0.218. The van der Waals surface area contributed by atoms with Crippen molar-refractivity contribution < 1.29 is 4.79 Å². The van der Waals surface area contributed by atoms with Gasteiger partial charge in [0.05, 0.1) is 11.8 Å². The smallest absolute Gasteiger partial charge is 0.219 e. The highest BCUT2D eigenvalue weighted by molar-refractivity contribution is 8.00. The molecule has 1 aliphatic rings. The number of hydrogen-bond donors (Lipinski definition) is 2. The maximum atomic E-state index is 10.5. The van der Waals surface area contributed by atoms with Gasteiger partial charge < -0.3 is 11.1 Å². The van der Waals surface area contributed by atoms with E-state index in [1.807, 2.05) is 0 Å². The van der Waals surface area contributed by atoms with Crippen molar-refractivity contribution in [3.05, 3.63) is 0 Å². The van der Waals surface area contributed by atoms with E-state index in [1.54, 1.807) is 11.8 Å². The zero-order chi connectivity index (χ0) is 8.27. The lowest BCUT2D eigenvalue weighted by atomic mass is 10.3. The Morgan fingerprint density at radius 2 is 2.55 bits per heavy atom. The quantitative estimate of drug-likeness (QED) is 0.633. The van der Waals surface area contributed by atoms with Crippen molar-refractivity contribution in [2.45, 2.75) is 30.4 Å². The summed E-state index contributed by atoms with van der Waals surface area (Å²) < 4.78 is 0. The third kappa shape index (κ3) is 3.12. The number of hydrogen-bond acceptors (Lipinski definition) is 3. The third-order valence-electron chi connectivity index (χ3n) is 1.71. The molecule has 1 saturated heterocycles. The number of thioether (sulfide) groups is 1. The zero-order valence-electron chi connectivity index (χ0n) is 6.67. The Morgan fingerprint density at radius 3 is 3.09 bits per heavy atom. The number of carbonyl (C=O) groups excluding carboxylic acids is 1. The number of amides is 1. The van der Waals surface area contributed by atoms with Crippen molar-refractivity contribution in [1.82, 2.24) is 5.32 Å². The molecule has 0 aromatic heterocycles. The summed E-state index contributed by atoms with van der Waals surface area (Å²) in [6.45, 7) is 3.19. The van der Waals surface area contributed by atoms with Crippen LogP contribution in [0.2, 0.25) is 0 Å². The van der Waals surface area contributed by atoms with Crippen molar-refractivity contribution in [2.24, 2.45) is 5.73 Å². The average molecular weight is 174 g/mol. The average Bonchev–Trinajstić information content (AvgIpc) is 1.85. The Hall–Kier alpha value is -0.220. The molecule has 3 N–H and O–H groups in total. The van der Waals surface area contributed by atoms with Crippen LogP contribution in [0, 0.1) is 0 Å². The molecule has 11 heavy (non-hydrogen) atoms. The molecular weight excluding hydrogens is 160 g/mol. The molecule has 3 nitrogen and oxygen atoms in total. The maximum absolute atomic E-state index is 10.5. The van der Waals surface area contributed by atoms with Crippen LogP contribution in [0.4, 0.5) is 0 Å². The molecule has 64 valence electrons. The first-order valence-corrected chi connectivity index (χ1v) is 4.80. The van der Waals surface area contributed by atoms with Gasteiger partial charge >= 0.3 is 0 Å². The van der Waals surface area contributed by atoms with Gasteiger partial charge in [0.25, 0.3) is 0 Å². The minimum absolute atomic E-state index is 0.218. The minimum atomic E-state index is -0.218. The van der Waals surface area contributed by atoms with Crippen molar-refractivity contribution >= 4 is 17.7 Å². The molecule has 2 atom stereocenters. The van der Waals surface area contributed by atoms with Crippen molar-refractivity contribution in [3.8, 4) is 0 Å². The number of nitrogens with one attached hydrogen (secondary N) is 1. The fraction of sp³-hybridized carbons (Fsp3) is 0.857. The summed E-state index contributed by atoms with van der Waals surface area (Å²) >= 11 is 1.80. The number of primary amides is 1. The SMILES string of the molecule is CC1CCNC(CC(N)=O)S1. The topological polar surface area (TPSA) is 55.1 Å². The molecule has 2 unspecified atom stereocenters. The number of carbonyl (C=O) groups is 1. The van der Waals surface area contributed by atoms with E-state index in [0.29, 0.717) is 11.7 Å². The maximum Gasteiger partial charge on any atom is 0.219 e. The van der Waals surface area contributed by atoms with Crippen molar-refractivity contribution in [3.63, 3.8) is 0 Å². The molecule has 0 aromatic carbocycles. The van der Waals surface area contributed by atoms with Gasteiger partial charge in [0, 0.05) is 5.25 Å². The van der Waals surface area contributed by atoms with E-state index in [2.05, 4.69) is 12.2 Å². The van der Waals surface area contributed by atoms with E-state index >= 15 is 0 Å². The fourth-order valence-corrected chi connectivity index (χ4v) is 2.44. The molecule has 1 rings (SSSR count). The van der Waals surface area contributed by atoms with Crippen LogP contribution in [0.25, 0.3) is 0 Å². The minimum Gasteiger partial charge on any atom is -0.370 e. The first-order chi connectivity index (χ1) is 5.18. The molecule has 1 aliphatic heterocycles. The fourth-order valence-electron chi connectivity index (χ4n) is 1.15. The Morgan fingerprint density at radius 1 is 1.82 bits per heavy atom. The van der Waals surface area contributed by atoms with Crippen LogP contribution in [0.5, 0.6) is 0 Å². The summed E-state index contributed by atoms with van der Waals surface area (Å²) in [5, 5.41) is 4.14. The normalized spacial score (nSPS) is 31.7. The van der Waals surface area contributed by atoms with E-state index in [4.69, 9.17) is 5.73 Å². The summed E-state index contributed by atoms with van der Waals surface area (Å²) in [4.78, 5) is 10.5. The van der Waals surface area contributed by atoms with Crippen molar-refractivity contribution in [2.75, 3.05) is 6.54 Å². The second-order valence-electron chi connectivity index (χ2n) is 2.85. The van der Waals surface area contributed by atoms with Gasteiger partial charge in [-0.2, -0.15) is 0 Å². The number of rotatable bonds is 2. The summed E-state index contributed by atoms with van der Waals surface area (Å²) in [5.41, 5.74) is 5.08. The van der Waals surface area contributed by atoms with E-state index in [-0.39, 0.29) is 11.3 Å². The summed E-state index contributed by atoms with van der Waals surface area (Å²) in [6.07, 6.45) is 1.63. The van der Waals surface area contributed by atoms with E-state index in [1.165, 1.54) is 6.42 Å². The summed E-state index contributed by atoms with van der Waals surface area (Å²) in [6, 6.07) is 0. The highest BCUT2D eigenvalue weighted by atomic mass is 32.2. The molecule has 0 aromatic rings. The van der Waals surface area contributed by atoms with Gasteiger partial charge in [-0.3, -0.25) is 4.79 Å². The molecule has 1 heterocycles. The summed E-state index contributed by atoms with van der Waals surface area (Å²) in [7, 11) is 0. The van der Waals surface area contributed by atoms with Crippen LogP contribution < -0.4 is 11.1 Å². The van der Waals surface area contributed by atoms with Crippen LogP contribution in [0.1, 0.15) is 19.8 Å². The predicted octanol–water partition coefficient (Wildman–Crippen LogP) is 0.303.